The Bertz CT molecular complexity index is 1420. The van der Waals surface area contributed by atoms with Gasteiger partial charge in [0.25, 0.3) is 11.8 Å². The van der Waals surface area contributed by atoms with Gasteiger partial charge in [0.05, 0.1) is 16.3 Å². The predicted octanol–water partition coefficient (Wildman–Crippen LogP) is 6.32. The van der Waals surface area contributed by atoms with E-state index in [4.69, 9.17) is 27.9 Å². The van der Waals surface area contributed by atoms with Crippen LogP contribution in [0.4, 0.5) is 5.69 Å². The average molecular weight is 506 g/mol. The zero-order chi connectivity index (χ0) is 24.8. The van der Waals surface area contributed by atoms with E-state index in [0.717, 1.165) is 16.3 Å². The van der Waals surface area contributed by atoms with Crippen molar-refractivity contribution >= 4 is 57.2 Å². The number of rotatable bonds is 7. The molecule has 0 spiro atoms. The summed E-state index contributed by atoms with van der Waals surface area (Å²) in [6.07, 6.45) is 0. The van der Waals surface area contributed by atoms with Gasteiger partial charge in [-0.3, -0.25) is 9.59 Å². The number of hydrogen-bond donors (Lipinski definition) is 2. The molecule has 176 valence electrons. The Labute approximate surface area is 212 Å². The number of hydrazone groups is 1. The molecule has 4 aromatic rings. The van der Waals surface area contributed by atoms with Crippen LogP contribution < -0.4 is 15.5 Å². The maximum atomic E-state index is 12.4. The van der Waals surface area contributed by atoms with Crippen molar-refractivity contribution in [3.05, 3.63) is 106 Å². The summed E-state index contributed by atoms with van der Waals surface area (Å²) < 4.78 is 5.58. The number of nitrogens with zero attached hydrogens (tertiary/aromatic N) is 1. The number of ether oxygens (including phenoxy) is 1. The number of hydrogen-bond acceptors (Lipinski definition) is 4. The summed E-state index contributed by atoms with van der Waals surface area (Å²) in [6.45, 7) is 1.61. The second-order valence-corrected chi connectivity index (χ2v) is 8.53. The van der Waals surface area contributed by atoms with E-state index in [1.807, 2.05) is 42.5 Å². The second-order valence-electron chi connectivity index (χ2n) is 7.69. The number of benzene rings is 4. The summed E-state index contributed by atoms with van der Waals surface area (Å²) in [7, 11) is 0. The summed E-state index contributed by atoms with van der Waals surface area (Å²) in [5.74, 6) is -0.109. The average Bonchev–Trinajstić information content (AvgIpc) is 2.86. The topological polar surface area (TPSA) is 79.8 Å². The third-order valence-electron chi connectivity index (χ3n) is 5.18. The van der Waals surface area contributed by atoms with Crippen molar-refractivity contribution in [2.45, 2.75) is 6.92 Å². The van der Waals surface area contributed by atoms with Gasteiger partial charge in [0.2, 0.25) is 0 Å². The lowest BCUT2D eigenvalue weighted by molar-refractivity contribution is -0.123. The summed E-state index contributed by atoms with van der Waals surface area (Å²) in [5.41, 5.74) is 4.79. The summed E-state index contributed by atoms with van der Waals surface area (Å²) in [5, 5.41) is 9.79. The van der Waals surface area contributed by atoms with E-state index >= 15 is 0 Å². The maximum Gasteiger partial charge on any atom is 0.277 e. The van der Waals surface area contributed by atoms with Gasteiger partial charge >= 0.3 is 0 Å². The molecule has 0 saturated carbocycles. The van der Waals surface area contributed by atoms with E-state index in [0.29, 0.717) is 27.7 Å². The molecule has 0 fully saturated rings. The van der Waals surface area contributed by atoms with E-state index in [-0.39, 0.29) is 23.4 Å². The van der Waals surface area contributed by atoms with E-state index in [1.165, 1.54) is 6.07 Å². The number of halogens is 2. The van der Waals surface area contributed by atoms with Gasteiger partial charge < -0.3 is 10.1 Å². The monoisotopic (exact) mass is 505 g/mol. The number of carbonyl (C=O) groups is 2. The van der Waals surface area contributed by atoms with Gasteiger partial charge in [-0.25, -0.2) is 5.43 Å². The van der Waals surface area contributed by atoms with Gasteiger partial charge in [-0.2, -0.15) is 5.10 Å². The Morgan fingerprint density at radius 1 is 0.886 bits per heavy atom. The molecule has 35 heavy (non-hydrogen) atoms. The molecule has 0 bridgehead atoms. The first kappa shape index (κ1) is 24.3. The van der Waals surface area contributed by atoms with E-state index in [1.54, 1.807) is 43.3 Å². The Morgan fingerprint density at radius 2 is 1.63 bits per heavy atom. The fraction of sp³-hybridized carbons (Fsp3) is 0.0741. The maximum absolute atomic E-state index is 12.4. The molecular weight excluding hydrogens is 485 g/mol. The van der Waals surface area contributed by atoms with Crippen LogP contribution in [-0.4, -0.2) is 24.1 Å². The third kappa shape index (κ3) is 6.38. The smallest absolute Gasteiger partial charge is 0.277 e. The zero-order valence-electron chi connectivity index (χ0n) is 18.7. The molecule has 0 aliphatic rings. The molecule has 0 atom stereocenters. The van der Waals surface area contributed by atoms with Gasteiger partial charge in [-0.05, 0) is 65.7 Å². The Balaban J connectivity index is 1.30. The van der Waals surface area contributed by atoms with Crippen LogP contribution in [0.5, 0.6) is 5.75 Å². The predicted molar refractivity (Wildman–Crippen MR) is 141 cm³/mol. The number of amides is 2. The molecule has 0 heterocycles. The minimum atomic E-state index is -0.374. The van der Waals surface area contributed by atoms with Gasteiger partial charge in [0.15, 0.2) is 6.61 Å². The molecule has 0 aromatic heterocycles. The van der Waals surface area contributed by atoms with Gasteiger partial charge in [0.1, 0.15) is 5.75 Å². The normalized spacial score (nSPS) is 11.2. The molecule has 0 aliphatic heterocycles. The van der Waals surface area contributed by atoms with Crippen molar-refractivity contribution in [3.63, 3.8) is 0 Å². The highest BCUT2D eigenvalue weighted by molar-refractivity contribution is 6.37. The zero-order valence-corrected chi connectivity index (χ0v) is 20.2. The molecule has 4 rings (SSSR count). The van der Waals surface area contributed by atoms with Crippen LogP contribution in [-0.2, 0) is 4.79 Å². The van der Waals surface area contributed by atoms with E-state index in [2.05, 4.69) is 15.8 Å². The van der Waals surface area contributed by atoms with Crippen molar-refractivity contribution in [2.75, 3.05) is 11.9 Å². The molecule has 8 heteroatoms. The second kappa shape index (κ2) is 11.0. The van der Waals surface area contributed by atoms with E-state index in [9.17, 15) is 9.59 Å². The summed E-state index contributed by atoms with van der Waals surface area (Å²) >= 11 is 12.0. The lowest BCUT2D eigenvalue weighted by Crippen LogP contribution is -2.25. The van der Waals surface area contributed by atoms with Gasteiger partial charge in [-0.1, -0.05) is 65.7 Å². The van der Waals surface area contributed by atoms with Gasteiger partial charge in [0, 0.05) is 10.7 Å². The van der Waals surface area contributed by atoms with Crippen LogP contribution >= 0.6 is 23.2 Å². The first-order valence-electron chi connectivity index (χ1n) is 10.7. The molecule has 0 aliphatic carbocycles. The van der Waals surface area contributed by atoms with E-state index < -0.39 is 0 Å². The summed E-state index contributed by atoms with van der Waals surface area (Å²) in [6, 6.07) is 25.3. The molecule has 4 aromatic carbocycles. The number of fused-ring (bicyclic) bond motifs is 1. The number of carbonyl (C=O) groups excluding carboxylic acids is 2. The largest absolute Gasteiger partial charge is 0.484 e. The molecule has 0 saturated heterocycles. The quantitative estimate of drug-likeness (QED) is 0.228. The van der Waals surface area contributed by atoms with Crippen LogP contribution in [0.15, 0.2) is 90.0 Å². The Hall–Kier alpha value is -3.87. The fourth-order valence-electron chi connectivity index (χ4n) is 3.32. The molecule has 2 amide bonds. The van der Waals surface area contributed by atoms with Crippen LogP contribution in [0.1, 0.15) is 22.8 Å². The minimum Gasteiger partial charge on any atom is -0.484 e. The third-order valence-corrected chi connectivity index (χ3v) is 5.72. The van der Waals surface area contributed by atoms with Crippen molar-refractivity contribution in [3.8, 4) is 5.75 Å². The molecule has 0 unspecified atom stereocenters. The first-order valence-corrected chi connectivity index (χ1v) is 11.5. The lowest BCUT2D eigenvalue weighted by atomic mass is 10.1. The van der Waals surface area contributed by atoms with Crippen molar-refractivity contribution in [1.82, 2.24) is 5.43 Å². The molecule has 6 nitrogen and oxygen atoms in total. The van der Waals surface area contributed by atoms with Crippen LogP contribution in [0.2, 0.25) is 10.0 Å². The van der Waals surface area contributed by atoms with Crippen molar-refractivity contribution < 1.29 is 14.3 Å². The highest BCUT2D eigenvalue weighted by Gasteiger charge is 2.11. The SMILES string of the molecule is C/C(=N\NC(=O)COc1ccc2ccccc2c1)c1ccc(NC(=O)c2ccc(Cl)cc2Cl)cc1. The highest BCUT2D eigenvalue weighted by atomic mass is 35.5. The fourth-order valence-corrected chi connectivity index (χ4v) is 3.81. The van der Waals surface area contributed by atoms with Crippen molar-refractivity contribution in [2.24, 2.45) is 5.10 Å². The summed E-state index contributed by atoms with van der Waals surface area (Å²) in [4.78, 5) is 24.6. The molecule has 2 N–H and O–H groups in total. The number of anilines is 1. The van der Waals surface area contributed by atoms with Crippen LogP contribution in [0, 0.1) is 0 Å². The van der Waals surface area contributed by atoms with Crippen LogP contribution in [0.25, 0.3) is 10.8 Å². The highest BCUT2D eigenvalue weighted by Crippen LogP contribution is 2.23. The molecular formula is C27H21Cl2N3O3. The van der Waals surface area contributed by atoms with Gasteiger partial charge in [-0.15, -0.1) is 0 Å². The van der Waals surface area contributed by atoms with Crippen LogP contribution in [0.3, 0.4) is 0 Å². The Morgan fingerprint density at radius 3 is 2.37 bits per heavy atom. The lowest BCUT2D eigenvalue weighted by Gasteiger charge is -2.09. The number of nitrogens with one attached hydrogen (secondary N) is 2. The minimum absolute atomic E-state index is 0.159. The standard InChI is InChI=1S/C27H21Cl2N3O3/c1-17(31-32-26(33)16-35-23-12-8-19-4-2-3-5-20(19)14-23)18-6-10-22(11-7-18)30-27(34)24-13-9-21(28)15-25(24)29/h2-15H,16H2,1H3,(H,30,34)(H,32,33)/b31-17+. The van der Waals surface area contributed by atoms with Crippen molar-refractivity contribution in [1.29, 1.82) is 0 Å². The molecule has 0 radical (unpaired) electrons. The first-order chi connectivity index (χ1) is 16.9. The Kier molecular flexibility index (Phi) is 7.65.